The Morgan fingerprint density at radius 3 is 2.80 bits per heavy atom. The molecule has 3 rings (SSSR count). The number of anilines is 2. The minimum Gasteiger partial charge on any atom is -0.353 e. The van der Waals surface area contributed by atoms with Gasteiger partial charge in [0.15, 0.2) is 4.34 Å². The molecule has 5 nitrogen and oxygen atoms in total. The lowest BCUT2D eigenvalue weighted by Gasteiger charge is -2.15. The molecule has 25 heavy (non-hydrogen) atoms. The van der Waals surface area contributed by atoms with Crippen LogP contribution in [0, 0.1) is 6.92 Å². The molecular formula is C18H24N4OS2. The third kappa shape index (κ3) is 6.01. The quantitative estimate of drug-likeness (QED) is 0.573. The molecule has 1 aromatic carbocycles. The van der Waals surface area contributed by atoms with Crippen molar-refractivity contribution >= 4 is 39.8 Å². The number of carbonyl (C=O) groups excluding carboxylic acids is 1. The van der Waals surface area contributed by atoms with E-state index in [9.17, 15) is 4.79 Å². The summed E-state index contributed by atoms with van der Waals surface area (Å²) in [5.41, 5.74) is 2.19. The molecule has 7 heteroatoms. The number of aryl methyl sites for hydroxylation is 1. The third-order valence-electron chi connectivity index (χ3n) is 4.22. The van der Waals surface area contributed by atoms with Crippen LogP contribution in [0.2, 0.25) is 0 Å². The largest absolute Gasteiger partial charge is 0.353 e. The molecule has 1 aliphatic carbocycles. The fourth-order valence-electron chi connectivity index (χ4n) is 2.99. The zero-order chi connectivity index (χ0) is 17.5. The fourth-order valence-corrected chi connectivity index (χ4v) is 4.57. The molecule has 2 aromatic rings. The number of carbonyl (C=O) groups is 1. The van der Waals surface area contributed by atoms with Crippen molar-refractivity contribution in [2.45, 2.75) is 55.8 Å². The SMILES string of the molecule is Cc1cccc(Nc2nnc(SCC(=O)NC3CCCCCC3)s2)c1. The molecule has 0 bridgehead atoms. The monoisotopic (exact) mass is 376 g/mol. The highest BCUT2D eigenvalue weighted by molar-refractivity contribution is 8.01. The van der Waals surface area contributed by atoms with Crippen LogP contribution >= 0.6 is 23.1 Å². The first-order valence-electron chi connectivity index (χ1n) is 8.78. The summed E-state index contributed by atoms with van der Waals surface area (Å²) in [6.45, 7) is 2.06. The van der Waals surface area contributed by atoms with Crippen LogP contribution in [0.25, 0.3) is 0 Å². The van der Waals surface area contributed by atoms with E-state index in [4.69, 9.17) is 0 Å². The average molecular weight is 377 g/mol. The predicted molar refractivity (Wildman–Crippen MR) is 105 cm³/mol. The van der Waals surface area contributed by atoms with Crippen LogP contribution < -0.4 is 10.6 Å². The van der Waals surface area contributed by atoms with Crippen LogP contribution in [0.15, 0.2) is 28.6 Å². The Morgan fingerprint density at radius 2 is 2.04 bits per heavy atom. The van der Waals surface area contributed by atoms with Crippen molar-refractivity contribution in [3.05, 3.63) is 29.8 Å². The van der Waals surface area contributed by atoms with Crippen LogP contribution in [0.3, 0.4) is 0 Å². The van der Waals surface area contributed by atoms with Crippen molar-refractivity contribution in [3.8, 4) is 0 Å². The highest BCUT2D eigenvalue weighted by Gasteiger charge is 2.15. The smallest absolute Gasteiger partial charge is 0.230 e. The van der Waals surface area contributed by atoms with E-state index in [1.807, 2.05) is 12.1 Å². The second-order valence-corrected chi connectivity index (χ2v) is 8.61. The first-order valence-corrected chi connectivity index (χ1v) is 10.6. The van der Waals surface area contributed by atoms with Crippen LogP contribution in [0.4, 0.5) is 10.8 Å². The summed E-state index contributed by atoms with van der Waals surface area (Å²) in [7, 11) is 0. The summed E-state index contributed by atoms with van der Waals surface area (Å²) in [5, 5.41) is 15.5. The number of hydrogen-bond donors (Lipinski definition) is 2. The van der Waals surface area contributed by atoms with Crippen molar-refractivity contribution in [3.63, 3.8) is 0 Å². The first-order chi connectivity index (χ1) is 12.2. The molecule has 0 radical (unpaired) electrons. The van der Waals surface area contributed by atoms with Gasteiger partial charge in [0.1, 0.15) is 0 Å². The van der Waals surface area contributed by atoms with E-state index in [-0.39, 0.29) is 5.91 Å². The third-order valence-corrected chi connectivity index (χ3v) is 6.19. The minimum atomic E-state index is 0.0975. The van der Waals surface area contributed by atoms with Gasteiger partial charge in [-0.3, -0.25) is 4.79 Å². The van der Waals surface area contributed by atoms with Crippen molar-refractivity contribution < 1.29 is 4.79 Å². The summed E-state index contributed by atoms with van der Waals surface area (Å²) in [5.74, 6) is 0.496. The Balaban J connectivity index is 1.45. The maximum Gasteiger partial charge on any atom is 0.230 e. The number of thioether (sulfide) groups is 1. The Bertz CT molecular complexity index is 696. The maximum atomic E-state index is 12.1. The van der Waals surface area contributed by atoms with Gasteiger partial charge in [-0.2, -0.15) is 0 Å². The number of rotatable bonds is 6. The molecule has 1 saturated carbocycles. The predicted octanol–water partition coefficient (Wildman–Crippen LogP) is 4.52. The van der Waals surface area contributed by atoms with Crippen LogP contribution in [0.1, 0.15) is 44.1 Å². The summed E-state index contributed by atoms with van der Waals surface area (Å²) >= 11 is 2.92. The lowest BCUT2D eigenvalue weighted by molar-refractivity contribution is -0.119. The molecule has 134 valence electrons. The van der Waals surface area contributed by atoms with Gasteiger partial charge in [-0.05, 0) is 37.5 Å². The van der Waals surface area contributed by atoms with E-state index in [1.165, 1.54) is 54.3 Å². The molecule has 1 heterocycles. The van der Waals surface area contributed by atoms with Gasteiger partial charge in [0.05, 0.1) is 5.75 Å². The average Bonchev–Trinajstić information content (AvgIpc) is 2.87. The minimum absolute atomic E-state index is 0.0975. The van der Waals surface area contributed by atoms with Crippen molar-refractivity contribution in [1.29, 1.82) is 0 Å². The van der Waals surface area contributed by atoms with E-state index in [1.54, 1.807) is 0 Å². The van der Waals surface area contributed by atoms with Crippen molar-refractivity contribution in [1.82, 2.24) is 15.5 Å². The van der Waals surface area contributed by atoms with E-state index in [2.05, 4.69) is 39.9 Å². The molecule has 1 amide bonds. The van der Waals surface area contributed by atoms with E-state index < -0.39 is 0 Å². The second kappa shape index (κ2) is 9.20. The fraction of sp³-hybridized carbons (Fsp3) is 0.500. The van der Waals surface area contributed by atoms with E-state index >= 15 is 0 Å². The number of hydrogen-bond acceptors (Lipinski definition) is 6. The maximum absolute atomic E-state index is 12.1. The van der Waals surface area contributed by atoms with Crippen molar-refractivity contribution in [2.24, 2.45) is 0 Å². The molecule has 1 fully saturated rings. The van der Waals surface area contributed by atoms with Gasteiger partial charge >= 0.3 is 0 Å². The Hall–Kier alpha value is -1.60. The highest BCUT2D eigenvalue weighted by Crippen LogP contribution is 2.28. The zero-order valence-electron chi connectivity index (χ0n) is 14.5. The highest BCUT2D eigenvalue weighted by atomic mass is 32.2. The van der Waals surface area contributed by atoms with Crippen LogP contribution in [-0.4, -0.2) is 27.9 Å². The van der Waals surface area contributed by atoms with Crippen LogP contribution in [0.5, 0.6) is 0 Å². The van der Waals surface area contributed by atoms with Gasteiger partial charge in [0.2, 0.25) is 11.0 Å². The molecule has 0 unspecified atom stereocenters. The Kier molecular flexibility index (Phi) is 6.69. The molecule has 0 atom stereocenters. The molecule has 2 N–H and O–H groups in total. The number of benzene rings is 1. The summed E-state index contributed by atoms with van der Waals surface area (Å²) < 4.78 is 0.811. The van der Waals surface area contributed by atoms with E-state index in [0.29, 0.717) is 11.8 Å². The topological polar surface area (TPSA) is 66.9 Å². The number of nitrogens with one attached hydrogen (secondary N) is 2. The molecule has 0 aliphatic heterocycles. The van der Waals surface area contributed by atoms with E-state index in [0.717, 1.165) is 28.0 Å². The molecular weight excluding hydrogens is 352 g/mol. The molecule has 1 aliphatic rings. The summed E-state index contributed by atoms with van der Waals surface area (Å²) in [4.78, 5) is 12.1. The lowest BCUT2D eigenvalue weighted by Crippen LogP contribution is -2.35. The number of nitrogens with zero attached hydrogens (tertiary/aromatic N) is 2. The number of amides is 1. The van der Waals surface area contributed by atoms with Gasteiger partial charge in [-0.25, -0.2) is 0 Å². The normalized spacial score (nSPS) is 15.6. The summed E-state index contributed by atoms with van der Waals surface area (Å²) in [6, 6.07) is 8.48. The zero-order valence-corrected chi connectivity index (χ0v) is 16.1. The van der Waals surface area contributed by atoms with Gasteiger partial charge in [-0.15, -0.1) is 10.2 Å². The second-order valence-electron chi connectivity index (χ2n) is 6.41. The summed E-state index contributed by atoms with van der Waals surface area (Å²) in [6.07, 6.45) is 7.26. The lowest BCUT2D eigenvalue weighted by atomic mass is 10.1. The Morgan fingerprint density at radius 1 is 1.24 bits per heavy atom. The molecule has 0 saturated heterocycles. The van der Waals surface area contributed by atoms with Gasteiger partial charge in [-0.1, -0.05) is 60.9 Å². The van der Waals surface area contributed by atoms with Crippen LogP contribution in [-0.2, 0) is 4.79 Å². The van der Waals surface area contributed by atoms with Crippen molar-refractivity contribution in [2.75, 3.05) is 11.1 Å². The molecule has 1 aromatic heterocycles. The van der Waals surface area contributed by atoms with Gasteiger partial charge in [0.25, 0.3) is 0 Å². The molecule has 0 spiro atoms. The van der Waals surface area contributed by atoms with Gasteiger partial charge < -0.3 is 10.6 Å². The van der Waals surface area contributed by atoms with Gasteiger partial charge in [0, 0.05) is 11.7 Å². The standard InChI is InChI=1S/C18H24N4OS2/c1-13-7-6-10-15(11-13)20-17-21-22-18(25-17)24-12-16(23)19-14-8-4-2-3-5-9-14/h6-7,10-11,14H,2-5,8-9,12H2,1H3,(H,19,23)(H,20,21). The number of aromatic nitrogens is 2. The first kappa shape index (κ1) is 18.2. The Labute approximate surface area is 157 Å².